The van der Waals surface area contributed by atoms with Crippen LogP contribution in [-0.2, 0) is 16.1 Å². The molecule has 1 aromatic carbocycles. The molecular formula is C17H21NO8. The lowest BCUT2D eigenvalue weighted by molar-refractivity contribution is -0.159. The second-order valence-corrected chi connectivity index (χ2v) is 4.96. The molecule has 0 bridgehead atoms. The predicted octanol–water partition coefficient (Wildman–Crippen LogP) is 0.973. The van der Waals surface area contributed by atoms with Crippen LogP contribution in [0.4, 0.5) is 0 Å². The van der Waals surface area contributed by atoms with Crippen LogP contribution in [0.3, 0.4) is 0 Å². The summed E-state index contributed by atoms with van der Waals surface area (Å²) in [6.45, 7) is 1.24. The summed E-state index contributed by atoms with van der Waals surface area (Å²) in [5.41, 5.74) is 0. The standard InChI is InChI=1S/C15H19NO4.C2H2O4/c1-18-13-4-2-5-14(8-13)20-11-12(17)9-16-10-15-6-3-7-19-15;3-1(4)2(5)6/h2-8,12,16-17H,9-11H2,1H3;(H,3,4)(H,5,6). The first-order chi connectivity index (χ1) is 12.4. The van der Waals surface area contributed by atoms with Crippen molar-refractivity contribution in [1.82, 2.24) is 5.32 Å². The van der Waals surface area contributed by atoms with Crippen molar-refractivity contribution in [3.8, 4) is 11.5 Å². The van der Waals surface area contributed by atoms with Crippen LogP contribution in [0.5, 0.6) is 11.5 Å². The Kier molecular flexibility index (Phi) is 9.29. The third-order valence-corrected chi connectivity index (χ3v) is 2.93. The zero-order valence-corrected chi connectivity index (χ0v) is 14.1. The highest BCUT2D eigenvalue weighted by atomic mass is 16.5. The van der Waals surface area contributed by atoms with Gasteiger partial charge in [-0.05, 0) is 24.3 Å². The van der Waals surface area contributed by atoms with E-state index in [9.17, 15) is 5.11 Å². The van der Waals surface area contributed by atoms with Gasteiger partial charge in [-0.1, -0.05) is 6.07 Å². The van der Waals surface area contributed by atoms with Crippen LogP contribution >= 0.6 is 0 Å². The molecule has 2 rings (SSSR count). The van der Waals surface area contributed by atoms with Gasteiger partial charge in [0, 0.05) is 12.6 Å². The van der Waals surface area contributed by atoms with Gasteiger partial charge in [0.05, 0.1) is 19.9 Å². The number of hydrogen-bond donors (Lipinski definition) is 4. The normalized spacial score (nSPS) is 11.0. The highest BCUT2D eigenvalue weighted by Crippen LogP contribution is 2.18. The van der Waals surface area contributed by atoms with E-state index in [1.54, 1.807) is 19.4 Å². The lowest BCUT2D eigenvalue weighted by atomic mass is 10.3. The molecule has 9 heteroatoms. The first-order valence-electron chi connectivity index (χ1n) is 7.56. The van der Waals surface area contributed by atoms with Gasteiger partial charge in [0.1, 0.15) is 30.0 Å². The minimum Gasteiger partial charge on any atom is -0.497 e. The van der Waals surface area contributed by atoms with E-state index in [0.29, 0.717) is 18.8 Å². The molecule has 0 fully saturated rings. The van der Waals surface area contributed by atoms with Gasteiger partial charge in [-0.2, -0.15) is 0 Å². The van der Waals surface area contributed by atoms with Crippen molar-refractivity contribution < 1.29 is 38.8 Å². The molecule has 0 radical (unpaired) electrons. The van der Waals surface area contributed by atoms with Gasteiger partial charge in [0.15, 0.2) is 0 Å². The van der Waals surface area contributed by atoms with E-state index in [0.717, 1.165) is 11.5 Å². The van der Waals surface area contributed by atoms with E-state index >= 15 is 0 Å². The fourth-order valence-electron chi connectivity index (χ4n) is 1.72. The Hall–Kier alpha value is -3.04. The van der Waals surface area contributed by atoms with E-state index in [4.69, 9.17) is 33.7 Å². The maximum Gasteiger partial charge on any atom is 0.414 e. The van der Waals surface area contributed by atoms with Gasteiger partial charge in [-0.3, -0.25) is 0 Å². The summed E-state index contributed by atoms with van der Waals surface area (Å²) in [5, 5.41) is 27.7. The first kappa shape index (κ1) is 21.0. The SMILES string of the molecule is COc1cccc(OCC(O)CNCc2ccco2)c1.O=C(O)C(=O)O. The molecule has 0 aliphatic heterocycles. The smallest absolute Gasteiger partial charge is 0.414 e. The molecule has 9 nitrogen and oxygen atoms in total. The molecule has 1 atom stereocenters. The molecule has 4 N–H and O–H groups in total. The third-order valence-electron chi connectivity index (χ3n) is 2.93. The molecule has 1 aromatic heterocycles. The molecule has 1 unspecified atom stereocenters. The molecule has 0 spiro atoms. The number of ether oxygens (including phenoxy) is 2. The van der Waals surface area contributed by atoms with Crippen molar-refractivity contribution in [1.29, 1.82) is 0 Å². The number of carboxylic acid groups (broad SMARTS) is 2. The first-order valence-corrected chi connectivity index (χ1v) is 7.56. The Morgan fingerprint density at radius 3 is 2.42 bits per heavy atom. The molecule has 0 saturated heterocycles. The predicted molar refractivity (Wildman–Crippen MR) is 90.2 cm³/mol. The number of furan rings is 1. The lowest BCUT2D eigenvalue weighted by Gasteiger charge is -2.13. The van der Waals surface area contributed by atoms with Crippen LogP contribution in [0.1, 0.15) is 5.76 Å². The Morgan fingerprint density at radius 1 is 1.15 bits per heavy atom. The fraction of sp³-hybridized carbons (Fsp3) is 0.294. The number of benzene rings is 1. The maximum absolute atomic E-state index is 9.82. The molecule has 0 aliphatic rings. The number of aliphatic carboxylic acids is 2. The van der Waals surface area contributed by atoms with E-state index in [-0.39, 0.29) is 6.61 Å². The Morgan fingerprint density at radius 2 is 1.85 bits per heavy atom. The summed E-state index contributed by atoms with van der Waals surface area (Å²) < 4.78 is 15.8. The quantitative estimate of drug-likeness (QED) is 0.503. The number of methoxy groups -OCH3 is 1. The minimum atomic E-state index is -1.82. The summed E-state index contributed by atoms with van der Waals surface area (Å²) in [5.74, 6) is -1.40. The van der Waals surface area contributed by atoms with Crippen LogP contribution in [0.25, 0.3) is 0 Å². The molecule has 142 valence electrons. The van der Waals surface area contributed by atoms with Crippen LogP contribution in [0.2, 0.25) is 0 Å². The van der Waals surface area contributed by atoms with E-state index in [1.807, 2.05) is 30.3 Å². The Labute approximate surface area is 149 Å². The third kappa shape index (κ3) is 8.71. The number of hydrogen-bond acceptors (Lipinski definition) is 7. The number of aliphatic hydroxyl groups is 1. The summed E-state index contributed by atoms with van der Waals surface area (Å²) in [7, 11) is 1.60. The van der Waals surface area contributed by atoms with Gasteiger partial charge in [0.2, 0.25) is 0 Å². The highest BCUT2D eigenvalue weighted by Gasteiger charge is 2.06. The number of nitrogens with one attached hydrogen (secondary N) is 1. The number of carboxylic acids is 2. The largest absolute Gasteiger partial charge is 0.497 e. The van der Waals surface area contributed by atoms with Gasteiger partial charge in [-0.25, -0.2) is 9.59 Å². The van der Waals surface area contributed by atoms with Crippen molar-refractivity contribution in [2.24, 2.45) is 0 Å². The molecule has 2 aromatic rings. The Balaban J connectivity index is 0.000000487. The van der Waals surface area contributed by atoms with Crippen molar-refractivity contribution in [2.45, 2.75) is 12.6 Å². The van der Waals surface area contributed by atoms with Crippen molar-refractivity contribution in [3.63, 3.8) is 0 Å². The van der Waals surface area contributed by atoms with Crippen LogP contribution in [0, 0.1) is 0 Å². The Bertz CT molecular complexity index is 659. The zero-order chi connectivity index (χ0) is 19.4. The van der Waals surface area contributed by atoms with E-state index in [2.05, 4.69) is 5.32 Å². The molecular weight excluding hydrogens is 346 g/mol. The maximum atomic E-state index is 9.82. The highest BCUT2D eigenvalue weighted by molar-refractivity contribution is 6.27. The lowest BCUT2D eigenvalue weighted by Crippen LogP contribution is -2.31. The average Bonchev–Trinajstić information content (AvgIpc) is 3.14. The molecule has 1 heterocycles. The molecule has 26 heavy (non-hydrogen) atoms. The van der Waals surface area contributed by atoms with Gasteiger partial charge in [-0.15, -0.1) is 0 Å². The average molecular weight is 367 g/mol. The fourth-order valence-corrected chi connectivity index (χ4v) is 1.72. The summed E-state index contributed by atoms with van der Waals surface area (Å²) in [4.78, 5) is 18.2. The van der Waals surface area contributed by atoms with Gasteiger partial charge >= 0.3 is 11.9 Å². The molecule has 0 amide bonds. The monoisotopic (exact) mass is 367 g/mol. The van der Waals surface area contributed by atoms with E-state index in [1.165, 1.54) is 0 Å². The number of aliphatic hydroxyl groups excluding tert-OH is 1. The van der Waals surface area contributed by atoms with Crippen molar-refractivity contribution in [2.75, 3.05) is 20.3 Å². The summed E-state index contributed by atoms with van der Waals surface area (Å²) in [6, 6.07) is 11.0. The molecule has 0 saturated carbocycles. The number of carbonyl (C=O) groups is 2. The van der Waals surface area contributed by atoms with E-state index < -0.39 is 18.0 Å². The van der Waals surface area contributed by atoms with Gasteiger partial charge < -0.3 is 34.5 Å². The summed E-state index contributed by atoms with van der Waals surface area (Å²) in [6.07, 6.45) is 1.04. The summed E-state index contributed by atoms with van der Waals surface area (Å²) >= 11 is 0. The van der Waals surface area contributed by atoms with Crippen LogP contribution < -0.4 is 14.8 Å². The minimum absolute atomic E-state index is 0.221. The van der Waals surface area contributed by atoms with Crippen LogP contribution in [0.15, 0.2) is 47.1 Å². The van der Waals surface area contributed by atoms with Crippen molar-refractivity contribution >= 4 is 11.9 Å². The second-order valence-electron chi connectivity index (χ2n) is 4.96. The van der Waals surface area contributed by atoms with Gasteiger partial charge in [0.25, 0.3) is 0 Å². The van der Waals surface area contributed by atoms with Crippen molar-refractivity contribution in [3.05, 3.63) is 48.4 Å². The van der Waals surface area contributed by atoms with Crippen LogP contribution in [-0.4, -0.2) is 53.6 Å². The topological polar surface area (TPSA) is 138 Å². The zero-order valence-electron chi connectivity index (χ0n) is 14.1. The molecule has 0 aliphatic carbocycles. The number of rotatable bonds is 8. The second kappa shape index (κ2) is 11.5.